The maximum Gasteiger partial charge on any atom is 0.0273 e. The zero-order chi connectivity index (χ0) is 25.9. The molecule has 1 nitrogen and oxygen atoms in total. The van der Waals surface area contributed by atoms with E-state index in [9.17, 15) is 0 Å². The molecule has 0 aliphatic carbocycles. The van der Waals surface area contributed by atoms with Crippen LogP contribution in [-0.4, -0.2) is 4.98 Å². The van der Waals surface area contributed by atoms with E-state index < -0.39 is 0 Å². The lowest BCUT2D eigenvalue weighted by Crippen LogP contribution is -1.95. The first-order valence-electron chi connectivity index (χ1n) is 13.9. The average molecular weight is 504 g/mol. The molecule has 0 fully saturated rings. The number of fused-ring (bicyclic) bond motifs is 10. The van der Waals surface area contributed by atoms with E-state index >= 15 is 0 Å². The summed E-state index contributed by atoms with van der Waals surface area (Å²) in [4.78, 5) is 4.27. The molecule has 0 atom stereocenters. The van der Waals surface area contributed by atoms with Crippen molar-refractivity contribution in [3.8, 4) is 11.1 Å². The van der Waals surface area contributed by atoms with Crippen molar-refractivity contribution in [1.82, 2.24) is 4.98 Å². The van der Waals surface area contributed by atoms with Gasteiger partial charge < -0.3 is 0 Å². The third kappa shape index (κ3) is 2.38. The molecule has 1 heteroatoms. The van der Waals surface area contributed by atoms with Gasteiger partial charge in [0.05, 0.1) is 0 Å². The molecular formula is C39H21N. The van der Waals surface area contributed by atoms with Crippen LogP contribution in [0.5, 0.6) is 0 Å². The molecule has 1 heterocycles. The second-order valence-corrected chi connectivity index (χ2v) is 11.0. The van der Waals surface area contributed by atoms with Crippen LogP contribution in [0.25, 0.3) is 97.3 Å². The molecule has 1 aromatic heterocycles. The van der Waals surface area contributed by atoms with Crippen LogP contribution in [0.1, 0.15) is 0 Å². The number of aromatic nitrogens is 1. The third-order valence-electron chi connectivity index (χ3n) is 9.21. The Morgan fingerprint density at radius 3 is 1.20 bits per heavy atom. The normalized spacial score (nSPS) is 12.5. The van der Waals surface area contributed by atoms with Crippen LogP contribution >= 0.6 is 0 Å². The van der Waals surface area contributed by atoms with Gasteiger partial charge >= 0.3 is 0 Å². The molecule has 0 saturated carbocycles. The summed E-state index contributed by atoms with van der Waals surface area (Å²) < 4.78 is 0. The van der Waals surface area contributed by atoms with Gasteiger partial charge in [0, 0.05) is 12.4 Å². The van der Waals surface area contributed by atoms with Crippen molar-refractivity contribution in [3.63, 3.8) is 0 Å². The second-order valence-electron chi connectivity index (χ2n) is 11.0. The van der Waals surface area contributed by atoms with Crippen molar-refractivity contribution in [1.29, 1.82) is 0 Å². The first-order chi connectivity index (χ1) is 19.9. The fourth-order valence-electron chi connectivity index (χ4n) is 7.68. The van der Waals surface area contributed by atoms with Crippen LogP contribution in [-0.2, 0) is 0 Å². The van der Waals surface area contributed by atoms with Gasteiger partial charge in [-0.05, 0) is 116 Å². The smallest absolute Gasteiger partial charge is 0.0273 e. The number of nitrogens with zero attached hydrogens (tertiary/aromatic N) is 1. The quantitative estimate of drug-likeness (QED) is 0.160. The zero-order valence-electron chi connectivity index (χ0n) is 21.6. The maximum absolute atomic E-state index is 4.27. The van der Waals surface area contributed by atoms with E-state index in [-0.39, 0.29) is 0 Å². The lowest BCUT2D eigenvalue weighted by molar-refractivity contribution is 1.33. The van der Waals surface area contributed by atoms with E-state index in [0.29, 0.717) is 0 Å². The van der Waals surface area contributed by atoms with E-state index in [1.165, 1.54) is 97.3 Å². The highest BCUT2D eigenvalue weighted by molar-refractivity contribution is 6.52. The predicted molar refractivity (Wildman–Crippen MR) is 172 cm³/mol. The summed E-state index contributed by atoms with van der Waals surface area (Å²) in [6, 6.07) is 43.0. The first kappa shape index (κ1) is 20.7. The predicted octanol–water partition coefficient (Wildman–Crippen LogP) is 10.8. The van der Waals surface area contributed by atoms with Gasteiger partial charge in [0.1, 0.15) is 0 Å². The van der Waals surface area contributed by atoms with Gasteiger partial charge in [0.25, 0.3) is 0 Å². The molecule has 0 bridgehead atoms. The first-order valence-corrected chi connectivity index (χ1v) is 13.9. The Kier molecular flexibility index (Phi) is 3.73. The van der Waals surface area contributed by atoms with Gasteiger partial charge in [-0.25, -0.2) is 0 Å². The topological polar surface area (TPSA) is 12.9 Å². The molecular weight excluding hydrogens is 482 g/mol. The molecule has 0 unspecified atom stereocenters. The fraction of sp³-hybridized carbons (Fsp3) is 0. The van der Waals surface area contributed by atoms with Crippen molar-refractivity contribution in [2.45, 2.75) is 0 Å². The summed E-state index contributed by atoms with van der Waals surface area (Å²) in [5.41, 5.74) is 2.41. The molecule has 0 N–H and O–H groups in total. The van der Waals surface area contributed by atoms with E-state index in [1.54, 1.807) is 0 Å². The number of hydrogen-bond donors (Lipinski definition) is 0. The van der Waals surface area contributed by atoms with Crippen LogP contribution in [0.2, 0.25) is 0 Å². The number of hydrogen-bond acceptors (Lipinski definition) is 1. The number of pyridine rings is 1. The summed E-state index contributed by atoms with van der Waals surface area (Å²) in [7, 11) is 0. The van der Waals surface area contributed by atoms with Gasteiger partial charge in [-0.2, -0.15) is 0 Å². The zero-order valence-corrected chi connectivity index (χ0v) is 21.6. The van der Waals surface area contributed by atoms with Gasteiger partial charge in [-0.15, -0.1) is 0 Å². The standard InChI is InChI=1S/C39H21N/c1-3-9-26-24(7-1)28-11-5-13-30-31-14-6-12-29-25-8-2-4-10-27(25)37-33-21-23(22-17-19-40-20-18-22)15-16-32(33)36(26)38(34(28)30)39(37)35(29)31/h1-21H. The van der Waals surface area contributed by atoms with Gasteiger partial charge in [-0.1, -0.05) is 97.1 Å². The third-order valence-corrected chi connectivity index (χ3v) is 9.21. The highest BCUT2D eigenvalue weighted by atomic mass is 14.6. The van der Waals surface area contributed by atoms with Crippen LogP contribution in [0.3, 0.4) is 0 Å². The van der Waals surface area contributed by atoms with Gasteiger partial charge in [0.2, 0.25) is 0 Å². The molecule has 0 amide bonds. The SMILES string of the molecule is c1ccc2c(c1)c1cccc3c4cccc5c6ccccc6c6c7cc(-c8ccncc8)ccc7c2c(c13)c6c54. The van der Waals surface area contributed by atoms with Crippen LogP contribution in [0, 0.1) is 0 Å². The summed E-state index contributed by atoms with van der Waals surface area (Å²) in [6.07, 6.45) is 3.76. The Bertz CT molecular complexity index is 2630. The van der Waals surface area contributed by atoms with Crippen molar-refractivity contribution < 1.29 is 0 Å². The van der Waals surface area contributed by atoms with E-state index in [0.717, 1.165) is 0 Å². The molecule has 0 radical (unpaired) electrons. The Morgan fingerprint density at radius 2 is 0.675 bits per heavy atom. The summed E-state index contributed by atoms with van der Waals surface area (Å²) >= 11 is 0. The van der Waals surface area contributed by atoms with E-state index in [1.807, 2.05) is 12.4 Å². The van der Waals surface area contributed by atoms with Crippen molar-refractivity contribution in [3.05, 3.63) is 128 Å². The molecule has 0 saturated heterocycles. The minimum Gasteiger partial charge on any atom is -0.265 e. The second kappa shape index (κ2) is 7.22. The molecule has 40 heavy (non-hydrogen) atoms. The monoisotopic (exact) mass is 503 g/mol. The van der Waals surface area contributed by atoms with Crippen molar-refractivity contribution in [2.75, 3.05) is 0 Å². The molecule has 182 valence electrons. The molecule has 0 aliphatic heterocycles. The van der Waals surface area contributed by atoms with Crippen molar-refractivity contribution in [2.24, 2.45) is 0 Å². The Labute approximate surface area is 229 Å². The highest BCUT2D eigenvalue weighted by Gasteiger charge is 2.24. The largest absolute Gasteiger partial charge is 0.265 e. The van der Waals surface area contributed by atoms with Gasteiger partial charge in [0.15, 0.2) is 0 Å². The van der Waals surface area contributed by atoms with Crippen LogP contribution < -0.4 is 0 Å². The summed E-state index contributed by atoms with van der Waals surface area (Å²) in [6.45, 7) is 0. The molecule has 10 rings (SSSR count). The maximum atomic E-state index is 4.27. The van der Waals surface area contributed by atoms with Crippen LogP contribution in [0.4, 0.5) is 0 Å². The Hall–Kier alpha value is -5.27. The Morgan fingerprint density at radius 1 is 0.275 bits per heavy atom. The lowest BCUT2D eigenvalue weighted by atomic mass is 9.79. The highest BCUT2D eigenvalue weighted by Crippen LogP contribution is 2.53. The average Bonchev–Trinajstić information content (AvgIpc) is 3.03. The summed E-state index contributed by atoms with van der Waals surface area (Å²) in [5.74, 6) is 0. The fourth-order valence-corrected chi connectivity index (χ4v) is 7.68. The van der Waals surface area contributed by atoms with E-state index in [4.69, 9.17) is 0 Å². The molecule has 0 aliphatic rings. The number of benzene rings is 9. The van der Waals surface area contributed by atoms with Crippen LogP contribution in [0.15, 0.2) is 128 Å². The molecule has 0 spiro atoms. The number of rotatable bonds is 1. The minimum absolute atomic E-state index is 1.19. The van der Waals surface area contributed by atoms with Gasteiger partial charge in [-0.3, -0.25) is 4.98 Å². The minimum atomic E-state index is 1.19. The lowest BCUT2D eigenvalue weighted by Gasteiger charge is -2.23. The molecule has 9 aromatic carbocycles. The Balaban J connectivity index is 1.64. The summed E-state index contributed by atoms with van der Waals surface area (Å²) in [5, 5.41) is 21.6. The molecule has 10 aromatic rings. The van der Waals surface area contributed by atoms with Crippen molar-refractivity contribution >= 4 is 86.2 Å². The van der Waals surface area contributed by atoms with E-state index in [2.05, 4.69) is 120 Å².